The van der Waals surface area contributed by atoms with Crippen LogP contribution in [0, 0.1) is 40.4 Å². The molecule has 0 radical (unpaired) electrons. The second kappa shape index (κ2) is 8.20. The predicted molar refractivity (Wildman–Crippen MR) is 119 cm³/mol. The summed E-state index contributed by atoms with van der Waals surface area (Å²) in [6, 6.07) is 3.37. The number of primary amides is 1. The number of benzene rings is 1. The molecule has 7 nitrogen and oxygen atoms in total. The molecular weight excluding hydrogens is 433 g/mol. The van der Waals surface area contributed by atoms with E-state index in [1.807, 2.05) is 6.19 Å². The highest BCUT2D eigenvalue weighted by atomic mass is 35.5. The van der Waals surface area contributed by atoms with E-state index in [-0.39, 0.29) is 16.5 Å². The van der Waals surface area contributed by atoms with Crippen molar-refractivity contribution in [3.05, 3.63) is 29.0 Å². The molecule has 4 saturated carbocycles. The molecule has 5 N–H and O–H groups in total. The highest BCUT2D eigenvalue weighted by Crippen LogP contribution is 2.61. The van der Waals surface area contributed by atoms with Crippen LogP contribution in [0.3, 0.4) is 0 Å². The van der Waals surface area contributed by atoms with Crippen LogP contribution in [0.25, 0.3) is 0 Å². The lowest BCUT2D eigenvalue weighted by molar-refractivity contribution is -0.132. The molecule has 1 amide bonds. The fourth-order valence-corrected chi connectivity index (χ4v) is 6.64. The van der Waals surface area contributed by atoms with E-state index in [4.69, 9.17) is 27.8 Å². The van der Waals surface area contributed by atoms with Crippen LogP contribution in [0.5, 0.6) is 5.75 Å². The SMILES string of the molecule is CC(C)(Oc1ccc(F)cc1Cl)/C(=N/C#N)NC1C2CC3CC1CC([C@H](N)C(N)=O)(C3)C2. The Bertz CT molecular complexity index is 975. The molecular formula is C23H29ClFN5O2. The van der Waals surface area contributed by atoms with Gasteiger partial charge in [-0.2, -0.15) is 10.3 Å². The summed E-state index contributed by atoms with van der Waals surface area (Å²) < 4.78 is 19.5. The number of nitriles is 1. The molecule has 172 valence electrons. The standard InChI is InChI=1S/C23H29ClFN5O2/c1-22(2,32-17-4-3-15(25)7-16(17)24)21(29-11-26)30-18-13-5-12-6-14(18)10-23(8-12,9-13)19(27)20(28)31/h3-4,7,12-14,18-19H,5-6,8-10,27H2,1-2H3,(H2,28,31)(H,29,30)/t12?,13?,14?,18?,19-,23?/m1/s1. The first kappa shape index (κ1) is 22.8. The van der Waals surface area contributed by atoms with Crippen LogP contribution in [0.4, 0.5) is 4.39 Å². The summed E-state index contributed by atoms with van der Waals surface area (Å²) >= 11 is 6.14. The van der Waals surface area contributed by atoms with Crippen LogP contribution < -0.4 is 21.5 Å². The smallest absolute Gasteiger partial charge is 0.234 e. The minimum Gasteiger partial charge on any atom is -0.478 e. The summed E-state index contributed by atoms with van der Waals surface area (Å²) in [4.78, 5) is 15.9. The quantitative estimate of drug-likeness (QED) is 0.341. The van der Waals surface area contributed by atoms with E-state index in [1.54, 1.807) is 13.8 Å². The fraction of sp³-hybridized carbons (Fsp3) is 0.609. The summed E-state index contributed by atoms with van der Waals surface area (Å²) in [5.41, 5.74) is 10.6. The Hall–Kier alpha value is -2.37. The van der Waals surface area contributed by atoms with Crippen molar-refractivity contribution in [2.45, 2.75) is 63.6 Å². The molecule has 32 heavy (non-hydrogen) atoms. The molecule has 0 saturated heterocycles. The fourth-order valence-electron chi connectivity index (χ4n) is 6.44. The summed E-state index contributed by atoms with van der Waals surface area (Å²) in [6.07, 6.45) is 6.57. The normalized spacial score (nSPS) is 32.3. The molecule has 0 heterocycles. The lowest BCUT2D eigenvalue weighted by atomic mass is 9.46. The lowest BCUT2D eigenvalue weighted by Gasteiger charge is -2.61. The Morgan fingerprint density at radius 1 is 1.38 bits per heavy atom. The molecule has 9 heteroatoms. The molecule has 1 aromatic rings. The maximum Gasteiger partial charge on any atom is 0.234 e. The first-order valence-corrected chi connectivity index (χ1v) is 11.4. The highest BCUT2D eigenvalue weighted by molar-refractivity contribution is 6.32. The van der Waals surface area contributed by atoms with Crippen molar-refractivity contribution in [2.24, 2.45) is 39.6 Å². The molecule has 4 fully saturated rings. The Kier molecular flexibility index (Phi) is 5.84. The molecule has 4 bridgehead atoms. The van der Waals surface area contributed by atoms with Crippen LogP contribution in [0.1, 0.15) is 46.0 Å². The topological polar surface area (TPSA) is 127 Å². The largest absolute Gasteiger partial charge is 0.478 e. The van der Waals surface area contributed by atoms with E-state index < -0.39 is 23.4 Å². The van der Waals surface area contributed by atoms with Crippen LogP contribution in [-0.4, -0.2) is 29.4 Å². The zero-order valence-corrected chi connectivity index (χ0v) is 19.0. The third kappa shape index (κ3) is 4.04. The van der Waals surface area contributed by atoms with Gasteiger partial charge < -0.3 is 21.5 Å². The van der Waals surface area contributed by atoms with Crippen molar-refractivity contribution in [3.8, 4) is 11.9 Å². The van der Waals surface area contributed by atoms with Gasteiger partial charge in [0.1, 0.15) is 11.6 Å². The van der Waals surface area contributed by atoms with Gasteiger partial charge in [0.15, 0.2) is 11.4 Å². The van der Waals surface area contributed by atoms with Gasteiger partial charge >= 0.3 is 0 Å². The number of ether oxygens (including phenoxy) is 1. The number of carbonyl (C=O) groups is 1. The number of carbonyl (C=O) groups excluding carboxylic acids is 1. The van der Waals surface area contributed by atoms with Crippen molar-refractivity contribution >= 4 is 23.3 Å². The van der Waals surface area contributed by atoms with Crippen LogP contribution in [0.15, 0.2) is 23.2 Å². The minimum absolute atomic E-state index is 0.0958. The van der Waals surface area contributed by atoms with Crippen molar-refractivity contribution in [1.29, 1.82) is 5.26 Å². The summed E-state index contributed by atoms with van der Waals surface area (Å²) in [6.45, 7) is 3.58. The van der Waals surface area contributed by atoms with Gasteiger partial charge in [0, 0.05) is 6.04 Å². The molecule has 1 aromatic carbocycles. The average molecular weight is 462 g/mol. The molecule has 0 aromatic heterocycles. The van der Waals surface area contributed by atoms with E-state index in [0.717, 1.165) is 32.1 Å². The van der Waals surface area contributed by atoms with E-state index >= 15 is 0 Å². The molecule has 0 aliphatic heterocycles. The molecule has 4 aliphatic carbocycles. The van der Waals surface area contributed by atoms with E-state index in [9.17, 15) is 14.4 Å². The number of halogens is 2. The van der Waals surface area contributed by atoms with Gasteiger partial charge in [-0.05, 0) is 87.3 Å². The van der Waals surface area contributed by atoms with Gasteiger partial charge in [-0.1, -0.05) is 11.6 Å². The number of nitrogens with two attached hydrogens (primary N) is 2. The third-order valence-corrected chi connectivity index (χ3v) is 7.88. The van der Waals surface area contributed by atoms with Crippen molar-refractivity contribution < 1.29 is 13.9 Å². The van der Waals surface area contributed by atoms with E-state index in [0.29, 0.717) is 29.3 Å². The van der Waals surface area contributed by atoms with E-state index in [1.165, 1.54) is 18.2 Å². The van der Waals surface area contributed by atoms with Gasteiger partial charge in [-0.25, -0.2) is 4.39 Å². The average Bonchev–Trinajstić information content (AvgIpc) is 2.70. The maximum atomic E-state index is 13.4. The highest BCUT2D eigenvalue weighted by Gasteiger charge is 2.58. The number of amidine groups is 1. The van der Waals surface area contributed by atoms with Crippen LogP contribution in [0.2, 0.25) is 5.02 Å². The number of rotatable bonds is 6. The predicted octanol–water partition coefficient (Wildman–Crippen LogP) is 3.11. The minimum atomic E-state index is -1.01. The second-order valence-corrected chi connectivity index (χ2v) is 10.5. The number of amides is 1. The molecule has 5 rings (SSSR count). The number of aliphatic imine (C=N–C) groups is 1. The summed E-state index contributed by atoms with van der Waals surface area (Å²) in [5, 5.41) is 13.0. The van der Waals surface area contributed by atoms with Crippen molar-refractivity contribution in [3.63, 3.8) is 0 Å². The molecule has 3 atom stereocenters. The number of hydrogen-bond donors (Lipinski definition) is 3. The zero-order valence-electron chi connectivity index (χ0n) is 18.3. The van der Waals surface area contributed by atoms with Crippen molar-refractivity contribution in [2.75, 3.05) is 0 Å². The Balaban J connectivity index is 1.55. The maximum absolute atomic E-state index is 13.4. The Morgan fingerprint density at radius 3 is 2.59 bits per heavy atom. The van der Waals surface area contributed by atoms with Crippen molar-refractivity contribution in [1.82, 2.24) is 5.32 Å². The van der Waals surface area contributed by atoms with Crippen LogP contribution in [-0.2, 0) is 4.79 Å². The molecule has 0 spiro atoms. The number of nitrogens with one attached hydrogen (secondary N) is 1. The molecule has 2 unspecified atom stereocenters. The van der Waals surface area contributed by atoms with Gasteiger partial charge in [0.25, 0.3) is 0 Å². The number of hydrogen-bond acceptors (Lipinski definition) is 5. The number of nitrogens with zero attached hydrogens (tertiary/aromatic N) is 2. The summed E-state index contributed by atoms with van der Waals surface area (Å²) in [7, 11) is 0. The Labute approximate surface area is 192 Å². The van der Waals surface area contributed by atoms with Gasteiger partial charge in [0.05, 0.1) is 11.1 Å². The van der Waals surface area contributed by atoms with Gasteiger partial charge in [-0.15, -0.1) is 0 Å². The Morgan fingerprint density at radius 2 is 2.03 bits per heavy atom. The zero-order chi connectivity index (χ0) is 23.3. The molecule has 4 aliphatic rings. The van der Waals surface area contributed by atoms with E-state index in [2.05, 4.69) is 10.3 Å². The first-order chi connectivity index (χ1) is 15.0. The third-order valence-electron chi connectivity index (χ3n) is 7.58. The summed E-state index contributed by atoms with van der Waals surface area (Å²) in [5.74, 6) is 0.957. The van der Waals surface area contributed by atoms with Gasteiger partial charge in [-0.3, -0.25) is 4.79 Å². The van der Waals surface area contributed by atoms with Crippen LogP contribution >= 0.6 is 11.6 Å². The monoisotopic (exact) mass is 461 g/mol. The first-order valence-electron chi connectivity index (χ1n) is 11.0. The second-order valence-electron chi connectivity index (χ2n) is 10.1. The van der Waals surface area contributed by atoms with Gasteiger partial charge in [0.2, 0.25) is 12.1 Å². The lowest BCUT2D eigenvalue weighted by Crippen LogP contribution is -2.66.